The van der Waals surface area contributed by atoms with Gasteiger partial charge in [-0.2, -0.15) is 18.3 Å². The summed E-state index contributed by atoms with van der Waals surface area (Å²) in [5.41, 5.74) is -0.836. The van der Waals surface area contributed by atoms with Crippen molar-refractivity contribution in [3.05, 3.63) is 89.4 Å². The zero-order chi connectivity index (χ0) is 22.9. The second-order valence-electron chi connectivity index (χ2n) is 6.72. The number of thioether (sulfide) groups is 1. The molecule has 1 aromatic heterocycles. The van der Waals surface area contributed by atoms with Crippen molar-refractivity contribution in [2.45, 2.75) is 16.8 Å². The molecule has 0 aliphatic carbocycles. The first kappa shape index (κ1) is 21.9. The number of nitrogens with zero attached hydrogens (tertiary/aromatic N) is 2. The Morgan fingerprint density at radius 3 is 2.22 bits per heavy atom. The lowest BCUT2D eigenvalue weighted by molar-refractivity contribution is -0.139. The third-order valence-corrected chi connectivity index (χ3v) is 5.57. The molecule has 1 N–H and O–H groups in total. The Kier molecular flexibility index (Phi) is 5.96. The highest BCUT2D eigenvalue weighted by Crippen LogP contribution is 2.35. The van der Waals surface area contributed by atoms with E-state index < -0.39 is 29.2 Å². The molecule has 4 rings (SSSR count). The van der Waals surface area contributed by atoms with Crippen molar-refractivity contribution >= 4 is 34.0 Å². The van der Waals surface area contributed by atoms with Gasteiger partial charge in [0.05, 0.1) is 11.3 Å². The van der Waals surface area contributed by atoms with E-state index in [-0.39, 0.29) is 11.5 Å². The second-order valence-corrected chi connectivity index (χ2v) is 7.77. The highest BCUT2D eigenvalue weighted by molar-refractivity contribution is 7.98. The summed E-state index contributed by atoms with van der Waals surface area (Å²) in [5.74, 6) is -2.77. The van der Waals surface area contributed by atoms with E-state index in [1.165, 1.54) is 23.9 Å². The van der Waals surface area contributed by atoms with Crippen LogP contribution >= 0.6 is 11.8 Å². The molecule has 0 atom stereocenters. The number of hydrogen-bond donors (Lipinski definition) is 1. The number of halogens is 6. The maximum atomic E-state index is 13.6. The predicted molar refractivity (Wildman–Crippen MR) is 110 cm³/mol. The molecule has 0 aliphatic heterocycles. The van der Waals surface area contributed by atoms with Gasteiger partial charge in [-0.25, -0.2) is 13.2 Å². The van der Waals surface area contributed by atoms with Crippen molar-refractivity contribution in [1.82, 2.24) is 10.2 Å². The van der Waals surface area contributed by atoms with Crippen molar-refractivity contribution in [3.63, 3.8) is 0 Å². The zero-order valence-electron chi connectivity index (χ0n) is 16.1. The topological polar surface area (TPSA) is 37.8 Å². The van der Waals surface area contributed by atoms with Crippen molar-refractivity contribution in [2.24, 2.45) is 0 Å². The summed E-state index contributed by atoms with van der Waals surface area (Å²) in [6.07, 6.45) is -4.84. The lowest BCUT2D eigenvalue weighted by Gasteiger charge is -2.13. The molecule has 10 heteroatoms. The molecule has 0 fully saturated rings. The van der Waals surface area contributed by atoms with Gasteiger partial charge in [0.15, 0.2) is 17.5 Å². The molecule has 4 aromatic rings. The van der Waals surface area contributed by atoms with E-state index in [9.17, 15) is 26.3 Å². The van der Waals surface area contributed by atoms with Crippen LogP contribution in [-0.4, -0.2) is 10.2 Å². The van der Waals surface area contributed by atoms with Crippen LogP contribution in [0.5, 0.6) is 0 Å². The maximum absolute atomic E-state index is 13.6. The van der Waals surface area contributed by atoms with E-state index in [2.05, 4.69) is 15.5 Å². The summed E-state index contributed by atoms with van der Waals surface area (Å²) < 4.78 is 79.1. The van der Waals surface area contributed by atoms with Crippen LogP contribution in [0.2, 0.25) is 0 Å². The van der Waals surface area contributed by atoms with Gasteiger partial charge in [0, 0.05) is 27.1 Å². The number of anilines is 2. The Morgan fingerprint density at radius 2 is 1.50 bits per heavy atom. The van der Waals surface area contributed by atoms with E-state index in [0.717, 1.165) is 18.2 Å². The van der Waals surface area contributed by atoms with Crippen LogP contribution in [0.3, 0.4) is 0 Å². The van der Waals surface area contributed by atoms with Crippen LogP contribution in [-0.2, 0) is 11.9 Å². The molecule has 32 heavy (non-hydrogen) atoms. The van der Waals surface area contributed by atoms with E-state index in [1.807, 2.05) is 0 Å². The Hall–Kier alpha value is -3.27. The van der Waals surface area contributed by atoms with E-state index in [1.54, 1.807) is 24.3 Å². The Balaban J connectivity index is 1.63. The van der Waals surface area contributed by atoms with Crippen LogP contribution in [0.15, 0.2) is 65.6 Å². The minimum atomic E-state index is -4.84. The van der Waals surface area contributed by atoms with Crippen LogP contribution < -0.4 is 5.32 Å². The number of aromatic nitrogens is 2. The molecule has 0 saturated carbocycles. The molecule has 0 bridgehead atoms. The third-order valence-electron chi connectivity index (χ3n) is 4.56. The van der Waals surface area contributed by atoms with Crippen molar-refractivity contribution in [1.29, 1.82) is 0 Å². The van der Waals surface area contributed by atoms with Crippen molar-refractivity contribution in [3.8, 4) is 0 Å². The average molecular weight is 465 g/mol. The Labute approximate surface area is 182 Å². The number of fused-ring (bicyclic) bond motifs is 1. The smallest absolute Gasteiger partial charge is 0.338 e. The summed E-state index contributed by atoms with van der Waals surface area (Å²) in [7, 11) is 0. The first-order chi connectivity index (χ1) is 15.2. The third kappa shape index (κ3) is 4.64. The lowest BCUT2D eigenvalue weighted by Crippen LogP contribution is -2.09. The minimum absolute atomic E-state index is 0.00194. The summed E-state index contributed by atoms with van der Waals surface area (Å²) >= 11 is 1.23. The van der Waals surface area contributed by atoms with Crippen LogP contribution in [0.25, 0.3) is 10.8 Å². The fourth-order valence-corrected chi connectivity index (χ4v) is 3.90. The molecule has 0 amide bonds. The molecule has 164 valence electrons. The molecule has 0 saturated heterocycles. The van der Waals surface area contributed by atoms with E-state index in [4.69, 9.17) is 0 Å². The second kappa shape index (κ2) is 8.70. The van der Waals surface area contributed by atoms with Crippen molar-refractivity contribution in [2.75, 3.05) is 5.32 Å². The van der Waals surface area contributed by atoms with Crippen LogP contribution in [0.1, 0.15) is 11.3 Å². The summed E-state index contributed by atoms with van der Waals surface area (Å²) in [6, 6.07) is 13.1. The molecule has 1 heterocycles. The normalized spacial score (nSPS) is 11.7. The predicted octanol–water partition coefficient (Wildman–Crippen LogP) is 7.10. The van der Waals surface area contributed by atoms with Crippen LogP contribution in [0.4, 0.5) is 37.8 Å². The number of hydrogen-bond acceptors (Lipinski definition) is 4. The molecule has 0 spiro atoms. The summed E-state index contributed by atoms with van der Waals surface area (Å²) in [5, 5.41) is 12.3. The Morgan fingerprint density at radius 1 is 0.781 bits per heavy atom. The van der Waals surface area contributed by atoms with E-state index in [0.29, 0.717) is 33.2 Å². The highest BCUT2D eigenvalue weighted by Gasteiger charge is 2.34. The van der Waals surface area contributed by atoms with Gasteiger partial charge in [-0.1, -0.05) is 24.3 Å². The largest absolute Gasteiger partial charge is 0.419 e. The van der Waals surface area contributed by atoms with Gasteiger partial charge in [-0.15, -0.1) is 16.9 Å². The first-order valence-corrected chi connectivity index (χ1v) is 10.2. The quantitative estimate of drug-likeness (QED) is 0.252. The van der Waals surface area contributed by atoms with Gasteiger partial charge >= 0.3 is 6.18 Å². The summed E-state index contributed by atoms with van der Waals surface area (Å²) in [4.78, 5) is 0.503. The van der Waals surface area contributed by atoms with Gasteiger partial charge in [0.1, 0.15) is 5.82 Å². The average Bonchev–Trinajstić information content (AvgIpc) is 2.76. The van der Waals surface area contributed by atoms with Gasteiger partial charge in [0.2, 0.25) is 0 Å². The van der Waals surface area contributed by atoms with Gasteiger partial charge in [-0.05, 0) is 36.4 Å². The van der Waals surface area contributed by atoms with Crippen LogP contribution in [0, 0.1) is 17.5 Å². The minimum Gasteiger partial charge on any atom is -0.338 e. The first-order valence-electron chi connectivity index (χ1n) is 9.18. The molecule has 0 aliphatic rings. The highest BCUT2D eigenvalue weighted by atomic mass is 32.2. The van der Waals surface area contributed by atoms with Gasteiger partial charge in [0.25, 0.3) is 0 Å². The summed E-state index contributed by atoms with van der Waals surface area (Å²) in [6.45, 7) is 0. The van der Waals surface area contributed by atoms with Gasteiger partial charge in [-0.3, -0.25) is 0 Å². The van der Waals surface area contributed by atoms with Crippen molar-refractivity contribution < 1.29 is 26.3 Å². The molecule has 3 aromatic carbocycles. The number of benzene rings is 3. The molecule has 3 nitrogen and oxygen atoms in total. The Bertz CT molecular complexity index is 1290. The fraction of sp³-hybridized carbons (Fsp3) is 0.0909. The molecule has 0 radical (unpaired) electrons. The van der Waals surface area contributed by atoms with E-state index >= 15 is 0 Å². The fourth-order valence-electron chi connectivity index (χ4n) is 3.03. The monoisotopic (exact) mass is 465 g/mol. The zero-order valence-corrected chi connectivity index (χ0v) is 16.9. The number of nitrogens with one attached hydrogen (secondary N) is 1. The van der Waals surface area contributed by atoms with Gasteiger partial charge < -0.3 is 5.32 Å². The lowest BCUT2D eigenvalue weighted by atomic mass is 10.1. The standard InChI is InChI=1S/C22H13F6N3S/c23-17-7-5-12(9-16(17)22(26,27)28)29-21-15-4-2-1-3-14(15)20(30-31-21)11-32-13-6-8-18(24)19(25)10-13/h1-10H,11H2,(H,29,31). The molecule has 0 unspecified atom stereocenters. The SMILES string of the molecule is Fc1ccc(SCc2nnc(Nc3ccc(F)c(C(F)(F)F)c3)c3ccccc23)cc1F. The number of alkyl halides is 3. The number of rotatable bonds is 5. The molecular formula is C22H13F6N3S. The molecular weight excluding hydrogens is 452 g/mol. The maximum Gasteiger partial charge on any atom is 0.419 e.